The second-order valence-corrected chi connectivity index (χ2v) is 4.73. The van der Waals surface area contributed by atoms with Crippen LogP contribution in [0.25, 0.3) is 0 Å². The van der Waals surface area contributed by atoms with Crippen LogP contribution in [0.1, 0.15) is 29.4 Å². The third-order valence-electron chi connectivity index (χ3n) is 2.21. The Morgan fingerprint density at radius 3 is 2.88 bits per heavy atom. The average molecular weight is 350 g/mol. The van der Waals surface area contributed by atoms with Crippen LogP contribution in [0.3, 0.4) is 0 Å². The lowest BCUT2D eigenvalue weighted by atomic mass is 10.2. The largest absolute Gasteiger partial charge is 0.395 e. The fourth-order valence-corrected chi connectivity index (χ4v) is 2.12. The minimum absolute atomic E-state index is 0.0858. The van der Waals surface area contributed by atoms with Crippen molar-refractivity contribution in [3.63, 3.8) is 0 Å². The fraction of sp³-hybridized carbons (Fsp3) is 0.455. The number of aliphatic hydroxyl groups excluding tert-OH is 1. The number of hydrogen-bond donors (Lipinski definition) is 3. The minimum atomic E-state index is -0.457. The Bertz CT molecular complexity index is 457. The van der Waals surface area contributed by atoms with Crippen molar-refractivity contribution in [3.8, 4) is 0 Å². The van der Waals surface area contributed by atoms with Crippen molar-refractivity contribution in [1.82, 2.24) is 10.3 Å². The first-order valence-electron chi connectivity index (χ1n) is 5.41. The number of hydrogen-bond acceptors (Lipinski definition) is 3. The Labute approximate surface area is 113 Å². The summed E-state index contributed by atoms with van der Waals surface area (Å²) < 4.78 is 0.873. The Kier molecular flexibility index (Phi) is 5.63. The number of pyridine rings is 1. The fourth-order valence-electron chi connectivity index (χ4n) is 1.41. The van der Waals surface area contributed by atoms with E-state index in [1.165, 1.54) is 0 Å². The van der Waals surface area contributed by atoms with E-state index in [0.29, 0.717) is 0 Å². The zero-order valence-electron chi connectivity index (χ0n) is 9.55. The van der Waals surface area contributed by atoms with Crippen LogP contribution in [0.15, 0.2) is 10.9 Å². The number of halogens is 1. The number of carbonyl (C=O) groups excluding carboxylic acids is 1. The summed E-state index contributed by atoms with van der Waals surface area (Å²) in [4.78, 5) is 26.0. The maximum absolute atomic E-state index is 11.7. The molecule has 0 saturated heterocycles. The van der Waals surface area contributed by atoms with Gasteiger partial charge in [-0.1, -0.05) is 13.3 Å². The number of aryl methyl sites for hydroxylation is 1. The van der Waals surface area contributed by atoms with Gasteiger partial charge < -0.3 is 15.4 Å². The Hall–Kier alpha value is -0.890. The lowest BCUT2D eigenvalue weighted by Crippen LogP contribution is -2.32. The predicted octanol–water partition coefficient (Wildman–Crippen LogP) is 0.654. The van der Waals surface area contributed by atoms with Gasteiger partial charge in [-0.3, -0.25) is 9.59 Å². The van der Waals surface area contributed by atoms with Gasteiger partial charge in [0, 0.05) is 15.8 Å². The topological polar surface area (TPSA) is 82.2 Å². The summed E-state index contributed by atoms with van der Waals surface area (Å²) in [5.74, 6) is -0.457. The smallest absolute Gasteiger partial charge is 0.261 e. The van der Waals surface area contributed by atoms with Gasteiger partial charge in [0.2, 0.25) is 0 Å². The molecule has 0 aromatic carbocycles. The average Bonchev–Trinajstić information content (AvgIpc) is 2.30. The SMILES string of the molecule is CCCc1[nH]c(=O)c(C(=O)NCCO)cc1I. The van der Waals surface area contributed by atoms with Crippen LogP contribution in [-0.4, -0.2) is 29.1 Å². The first-order valence-corrected chi connectivity index (χ1v) is 6.48. The number of nitrogens with one attached hydrogen (secondary N) is 2. The lowest BCUT2D eigenvalue weighted by Gasteiger charge is -2.06. The highest BCUT2D eigenvalue weighted by Gasteiger charge is 2.12. The molecule has 0 atom stereocenters. The Morgan fingerprint density at radius 1 is 1.59 bits per heavy atom. The summed E-state index contributed by atoms with van der Waals surface area (Å²) >= 11 is 2.10. The van der Waals surface area contributed by atoms with E-state index < -0.39 is 5.91 Å². The van der Waals surface area contributed by atoms with E-state index in [1.54, 1.807) is 6.07 Å². The van der Waals surface area contributed by atoms with Gasteiger partial charge in [-0.05, 0) is 35.1 Å². The van der Waals surface area contributed by atoms with E-state index in [-0.39, 0.29) is 24.3 Å². The van der Waals surface area contributed by atoms with Gasteiger partial charge in [0.1, 0.15) is 5.56 Å². The number of aromatic amines is 1. The third-order valence-corrected chi connectivity index (χ3v) is 3.17. The first kappa shape index (κ1) is 14.2. The van der Waals surface area contributed by atoms with Crippen molar-refractivity contribution in [2.45, 2.75) is 19.8 Å². The third kappa shape index (κ3) is 3.81. The van der Waals surface area contributed by atoms with Crippen LogP contribution in [0, 0.1) is 3.57 Å². The molecule has 0 radical (unpaired) electrons. The lowest BCUT2D eigenvalue weighted by molar-refractivity contribution is 0.0943. The van der Waals surface area contributed by atoms with E-state index in [0.717, 1.165) is 22.1 Å². The molecule has 94 valence electrons. The van der Waals surface area contributed by atoms with E-state index in [4.69, 9.17) is 5.11 Å². The van der Waals surface area contributed by atoms with Crippen molar-refractivity contribution >= 4 is 28.5 Å². The number of rotatable bonds is 5. The van der Waals surface area contributed by atoms with Crippen molar-refractivity contribution in [1.29, 1.82) is 0 Å². The van der Waals surface area contributed by atoms with Crippen molar-refractivity contribution < 1.29 is 9.90 Å². The Morgan fingerprint density at radius 2 is 2.29 bits per heavy atom. The number of carbonyl (C=O) groups is 1. The molecule has 1 rings (SSSR count). The molecule has 1 heterocycles. The maximum Gasteiger partial charge on any atom is 0.261 e. The summed E-state index contributed by atoms with van der Waals surface area (Å²) in [6.45, 7) is 2.02. The van der Waals surface area contributed by atoms with Crippen LogP contribution in [0.5, 0.6) is 0 Å². The van der Waals surface area contributed by atoms with Gasteiger partial charge in [0.25, 0.3) is 11.5 Å². The summed E-state index contributed by atoms with van der Waals surface area (Å²) in [7, 11) is 0. The van der Waals surface area contributed by atoms with Gasteiger partial charge in [0.05, 0.1) is 6.61 Å². The molecule has 6 heteroatoms. The highest BCUT2D eigenvalue weighted by molar-refractivity contribution is 14.1. The van der Waals surface area contributed by atoms with Crippen LogP contribution < -0.4 is 10.9 Å². The predicted molar refractivity (Wildman–Crippen MR) is 73.2 cm³/mol. The van der Waals surface area contributed by atoms with Gasteiger partial charge in [-0.2, -0.15) is 0 Å². The van der Waals surface area contributed by atoms with E-state index in [9.17, 15) is 9.59 Å². The molecule has 0 aliphatic heterocycles. The molecule has 0 spiro atoms. The van der Waals surface area contributed by atoms with Crippen LogP contribution >= 0.6 is 22.6 Å². The number of aromatic nitrogens is 1. The van der Waals surface area contributed by atoms with Crippen molar-refractivity contribution in [2.24, 2.45) is 0 Å². The van der Waals surface area contributed by atoms with Gasteiger partial charge in [-0.25, -0.2) is 0 Å². The van der Waals surface area contributed by atoms with Crippen LogP contribution in [0.4, 0.5) is 0 Å². The molecule has 1 aromatic heterocycles. The van der Waals surface area contributed by atoms with Gasteiger partial charge in [-0.15, -0.1) is 0 Å². The van der Waals surface area contributed by atoms with E-state index in [2.05, 4.69) is 32.9 Å². The molecular formula is C11H15IN2O3. The van der Waals surface area contributed by atoms with Crippen LogP contribution in [-0.2, 0) is 6.42 Å². The zero-order chi connectivity index (χ0) is 12.8. The molecule has 0 aliphatic rings. The molecular weight excluding hydrogens is 335 g/mol. The first-order chi connectivity index (χ1) is 8.10. The molecule has 0 aliphatic carbocycles. The highest BCUT2D eigenvalue weighted by atomic mass is 127. The molecule has 3 N–H and O–H groups in total. The summed E-state index contributed by atoms with van der Waals surface area (Å²) in [5.41, 5.74) is 0.559. The maximum atomic E-state index is 11.7. The summed E-state index contributed by atoms with van der Waals surface area (Å²) in [6, 6.07) is 1.58. The second-order valence-electron chi connectivity index (χ2n) is 3.57. The molecule has 1 amide bonds. The molecule has 0 unspecified atom stereocenters. The minimum Gasteiger partial charge on any atom is -0.395 e. The zero-order valence-corrected chi connectivity index (χ0v) is 11.7. The quantitative estimate of drug-likeness (QED) is 0.683. The Balaban J connectivity index is 2.99. The van der Waals surface area contributed by atoms with E-state index >= 15 is 0 Å². The standard InChI is InChI=1S/C11H15IN2O3/c1-2-3-9-8(12)6-7(11(17)14-9)10(16)13-4-5-15/h6,15H,2-5H2,1H3,(H,13,16)(H,14,17). The molecule has 0 saturated carbocycles. The molecule has 17 heavy (non-hydrogen) atoms. The molecule has 0 fully saturated rings. The molecule has 0 bridgehead atoms. The normalized spacial score (nSPS) is 10.3. The highest BCUT2D eigenvalue weighted by Crippen LogP contribution is 2.11. The van der Waals surface area contributed by atoms with Crippen molar-refractivity contribution in [3.05, 3.63) is 31.2 Å². The monoisotopic (exact) mass is 350 g/mol. The number of amides is 1. The van der Waals surface area contributed by atoms with Gasteiger partial charge >= 0.3 is 0 Å². The summed E-state index contributed by atoms with van der Waals surface area (Å²) in [5, 5.41) is 11.1. The summed E-state index contributed by atoms with van der Waals surface area (Å²) in [6.07, 6.45) is 1.72. The van der Waals surface area contributed by atoms with Crippen molar-refractivity contribution in [2.75, 3.05) is 13.2 Å². The second kappa shape index (κ2) is 6.75. The molecule has 1 aromatic rings. The number of aliphatic hydroxyl groups is 1. The number of H-pyrrole nitrogens is 1. The van der Waals surface area contributed by atoms with Crippen LogP contribution in [0.2, 0.25) is 0 Å². The van der Waals surface area contributed by atoms with Gasteiger partial charge in [0.15, 0.2) is 0 Å². The molecule has 5 nitrogen and oxygen atoms in total. The van der Waals surface area contributed by atoms with E-state index in [1.807, 2.05) is 6.92 Å².